The molecular formula is C40H42N2O5. The Morgan fingerprint density at radius 1 is 0.894 bits per heavy atom. The predicted octanol–water partition coefficient (Wildman–Crippen LogP) is 7.60. The number of carbonyl (C=O) groups is 2. The number of benzene rings is 4. The lowest BCUT2D eigenvalue weighted by Crippen LogP contribution is -2.39. The maximum Gasteiger partial charge on any atom is 0.238 e. The normalized spacial score (nSPS) is 20.7. The van der Waals surface area contributed by atoms with Crippen LogP contribution in [0.3, 0.4) is 0 Å². The van der Waals surface area contributed by atoms with Gasteiger partial charge in [0.05, 0.1) is 30.2 Å². The number of phenols is 1. The van der Waals surface area contributed by atoms with Crippen molar-refractivity contribution in [2.45, 2.75) is 46.1 Å². The molecule has 1 aliphatic heterocycles. The molecule has 0 saturated carbocycles. The largest absolute Gasteiger partial charge is 0.507 e. The Morgan fingerprint density at radius 2 is 1.55 bits per heavy atom. The second kappa shape index (κ2) is 13.6. The van der Waals surface area contributed by atoms with Crippen LogP contribution in [0.25, 0.3) is 16.8 Å². The number of nitrogens with one attached hydrogen (secondary N) is 1. The van der Waals surface area contributed by atoms with Crippen LogP contribution < -0.4 is 10.2 Å². The summed E-state index contributed by atoms with van der Waals surface area (Å²) in [5, 5.41) is 37.7. The Kier molecular flexibility index (Phi) is 9.30. The Morgan fingerprint density at radius 3 is 2.23 bits per heavy atom. The zero-order valence-electron chi connectivity index (χ0n) is 27.1. The molecule has 4 atom stereocenters. The predicted molar refractivity (Wildman–Crippen MR) is 187 cm³/mol. The third-order valence-electron chi connectivity index (χ3n) is 9.71. The Balaban J connectivity index is 1.21. The highest BCUT2D eigenvalue weighted by Crippen LogP contribution is 2.49. The maximum absolute atomic E-state index is 14.0. The van der Waals surface area contributed by atoms with Gasteiger partial charge in [0.2, 0.25) is 11.8 Å². The first-order chi connectivity index (χ1) is 22.7. The van der Waals surface area contributed by atoms with Crippen molar-refractivity contribution in [2.75, 3.05) is 16.8 Å². The van der Waals surface area contributed by atoms with Gasteiger partial charge in [0.1, 0.15) is 5.75 Å². The quantitative estimate of drug-likeness (QED) is 0.106. The molecule has 242 valence electrons. The van der Waals surface area contributed by atoms with Crippen LogP contribution in [0.1, 0.15) is 45.6 Å². The van der Waals surface area contributed by atoms with Gasteiger partial charge in [0.15, 0.2) is 0 Å². The fourth-order valence-electron chi connectivity index (χ4n) is 7.37. The lowest BCUT2D eigenvalue weighted by molar-refractivity contribution is -0.123. The summed E-state index contributed by atoms with van der Waals surface area (Å²) in [6.07, 6.45) is 2.60. The van der Waals surface area contributed by atoms with Gasteiger partial charge in [0.25, 0.3) is 0 Å². The molecule has 0 aromatic heterocycles. The van der Waals surface area contributed by atoms with E-state index in [0.717, 1.165) is 38.9 Å². The van der Waals surface area contributed by atoms with E-state index in [1.54, 1.807) is 18.2 Å². The Bertz CT molecular complexity index is 1840. The standard InChI is InChI=1S/C40H42N2O5/c1-24(2)32-22-33-38(40(47)42(39(33)46)29-17-15-28(16-18-29)41-27-9-5-4-6-10-27)34(23-43)37(32)36(45)19-13-25(3)21-26-14-20-35(44)31-12-8-7-11-30(26)31/h4-12,14-18,20-21,24,33-34,36,38,41,43-45H,13,19,22-23H2,1-3H3/b25-21+/t33-,34+,36-,38-/m1/s1. The van der Waals surface area contributed by atoms with E-state index in [4.69, 9.17) is 0 Å². The fraction of sp³-hybridized carbons (Fsp3) is 0.300. The van der Waals surface area contributed by atoms with Gasteiger partial charge in [-0.25, -0.2) is 0 Å². The van der Waals surface area contributed by atoms with E-state index in [1.165, 1.54) is 4.90 Å². The Labute approximate surface area is 275 Å². The number of anilines is 3. The first kappa shape index (κ1) is 32.2. The van der Waals surface area contributed by atoms with E-state index in [9.17, 15) is 24.9 Å². The van der Waals surface area contributed by atoms with Crippen molar-refractivity contribution < 1.29 is 24.9 Å². The fourth-order valence-corrected chi connectivity index (χ4v) is 7.37. The molecule has 7 heteroatoms. The van der Waals surface area contributed by atoms with Crippen LogP contribution in [0.15, 0.2) is 108 Å². The number of nitrogens with zero attached hydrogens (tertiary/aromatic N) is 1. The highest BCUT2D eigenvalue weighted by molar-refractivity contribution is 6.22. The van der Waals surface area contributed by atoms with Gasteiger partial charge in [-0.2, -0.15) is 0 Å². The summed E-state index contributed by atoms with van der Waals surface area (Å²) in [6, 6.07) is 28.3. The number of aromatic hydroxyl groups is 1. The molecule has 0 spiro atoms. The zero-order valence-corrected chi connectivity index (χ0v) is 27.1. The lowest BCUT2D eigenvalue weighted by atomic mass is 9.66. The molecule has 7 nitrogen and oxygen atoms in total. The minimum absolute atomic E-state index is 0.0370. The van der Waals surface area contributed by atoms with E-state index >= 15 is 0 Å². The van der Waals surface area contributed by atoms with Gasteiger partial charge in [0, 0.05) is 22.7 Å². The molecule has 1 heterocycles. The number of rotatable bonds is 10. The summed E-state index contributed by atoms with van der Waals surface area (Å²) in [6.45, 7) is 5.76. The molecule has 0 radical (unpaired) electrons. The molecule has 1 aliphatic carbocycles. The maximum atomic E-state index is 14.0. The average molecular weight is 631 g/mol. The number of aliphatic hydroxyl groups is 2. The van der Waals surface area contributed by atoms with Crippen LogP contribution in [-0.2, 0) is 9.59 Å². The number of phenolic OH excluding ortho intramolecular Hbond substituents is 1. The van der Waals surface area contributed by atoms with Crippen LogP contribution in [0.4, 0.5) is 17.1 Å². The van der Waals surface area contributed by atoms with E-state index in [2.05, 4.69) is 11.4 Å². The second-order valence-electron chi connectivity index (χ2n) is 13.1. The van der Waals surface area contributed by atoms with Crippen LogP contribution in [-0.4, -0.2) is 39.8 Å². The second-order valence-corrected chi connectivity index (χ2v) is 13.1. The van der Waals surface area contributed by atoms with Crippen molar-refractivity contribution in [2.24, 2.45) is 23.7 Å². The minimum Gasteiger partial charge on any atom is -0.507 e. The molecular weight excluding hydrogens is 588 g/mol. The molecule has 1 saturated heterocycles. The number of fused-ring (bicyclic) bond motifs is 2. The Hall–Kier alpha value is -4.72. The van der Waals surface area contributed by atoms with Crippen molar-refractivity contribution in [3.05, 3.63) is 113 Å². The van der Waals surface area contributed by atoms with E-state index in [-0.39, 0.29) is 30.1 Å². The number of para-hydroxylation sites is 1. The number of amides is 2. The smallest absolute Gasteiger partial charge is 0.238 e. The van der Waals surface area contributed by atoms with Crippen LogP contribution in [0, 0.1) is 23.7 Å². The molecule has 0 bridgehead atoms. The molecule has 2 aliphatic rings. The van der Waals surface area contributed by atoms with Crippen molar-refractivity contribution in [1.29, 1.82) is 0 Å². The van der Waals surface area contributed by atoms with E-state index < -0.39 is 23.9 Å². The molecule has 47 heavy (non-hydrogen) atoms. The van der Waals surface area contributed by atoms with Crippen molar-refractivity contribution in [1.82, 2.24) is 0 Å². The van der Waals surface area contributed by atoms with E-state index in [0.29, 0.717) is 30.5 Å². The molecule has 0 unspecified atom stereocenters. The number of imide groups is 1. The molecule has 6 rings (SSSR count). The highest BCUT2D eigenvalue weighted by atomic mass is 16.3. The van der Waals surface area contributed by atoms with E-state index in [1.807, 2.05) is 93.6 Å². The first-order valence-corrected chi connectivity index (χ1v) is 16.4. The van der Waals surface area contributed by atoms with Crippen LogP contribution >= 0.6 is 0 Å². The topological polar surface area (TPSA) is 110 Å². The lowest BCUT2D eigenvalue weighted by Gasteiger charge is -2.38. The highest BCUT2D eigenvalue weighted by Gasteiger charge is 2.55. The molecule has 4 aromatic carbocycles. The summed E-state index contributed by atoms with van der Waals surface area (Å²) in [4.78, 5) is 29.1. The SMILES string of the molecule is C/C(=C\c1ccc(O)c2ccccc12)CC[C@@H](O)C1=C(C(C)C)C[C@H]2C(=O)N(c3ccc(Nc4ccccc4)cc3)C(=O)[C@H]2[C@H]1CO. The third kappa shape index (κ3) is 6.33. The number of carbonyl (C=O) groups excluding carboxylic acids is 2. The number of aliphatic hydroxyl groups excluding tert-OH is 2. The summed E-state index contributed by atoms with van der Waals surface area (Å²) in [7, 11) is 0. The number of allylic oxidation sites excluding steroid dienone is 2. The summed E-state index contributed by atoms with van der Waals surface area (Å²) in [5.41, 5.74) is 5.97. The molecule has 2 amide bonds. The van der Waals surface area contributed by atoms with Crippen molar-refractivity contribution >= 4 is 45.7 Å². The van der Waals surface area contributed by atoms with Gasteiger partial charge in [-0.3, -0.25) is 14.5 Å². The molecule has 1 fully saturated rings. The first-order valence-electron chi connectivity index (χ1n) is 16.4. The van der Waals surface area contributed by atoms with Crippen molar-refractivity contribution in [3.63, 3.8) is 0 Å². The van der Waals surface area contributed by atoms with Crippen LogP contribution in [0.2, 0.25) is 0 Å². The number of hydrogen-bond donors (Lipinski definition) is 4. The van der Waals surface area contributed by atoms with Gasteiger partial charge in [-0.05, 0) is 91.1 Å². The summed E-state index contributed by atoms with van der Waals surface area (Å²) < 4.78 is 0. The van der Waals surface area contributed by atoms with Gasteiger partial charge >= 0.3 is 0 Å². The van der Waals surface area contributed by atoms with Gasteiger partial charge in [-0.1, -0.05) is 79.6 Å². The number of hydrogen-bond acceptors (Lipinski definition) is 6. The van der Waals surface area contributed by atoms with Crippen molar-refractivity contribution in [3.8, 4) is 5.75 Å². The minimum atomic E-state index is -0.870. The average Bonchev–Trinajstić information content (AvgIpc) is 3.33. The monoisotopic (exact) mass is 630 g/mol. The van der Waals surface area contributed by atoms with Gasteiger partial charge in [-0.15, -0.1) is 0 Å². The van der Waals surface area contributed by atoms with Crippen LogP contribution in [0.5, 0.6) is 5.75 Å². The third-order valence-corrected chi connectivity index (χ3v) is 9.71. The molecule has 4 aromatic rings. The summed E-state index contributed by atoms with van der Waals surface area (Å²) in [5.74, 6) is -2.28. The molecule has 4 N–H and O–H groups in total. The summed E-state index contributed by atoms with van der Waals surface area (Å²) >= 11 is 0. The van der Waals surface area contributed by atoms with Gasteiger partial charge < -0.3 is 20.6 Å². The zero-order chi connectivity index (χ0) is 33.2.